The minimum Gasteiger partial charge on any atom is -0.383 e. The first-order valence-corrected chi connectivity index (χ1v) is 8.41. The van der Waals surface area contributed by atoms with E-state index in [-0.39, 0.29) is 12.0 Å². The molecule has 0 aromatic rings. The standard InChI is InChI=1S/C16H30N2O3/c1-20-12-10-18(13-14-5-4-9-17-14)16(19)8-7-15-6-2-3-11-21-15/h14-15,17H,2-13H2,1H3. The van der Waals surface area contributed by atoms with E-state index in [1.807, 2.05) is 4.90 Å². The Morgan fingerprint density at radius 2 is 2.24 bits per heavy atom. The van der Waals surface area contributed by atoms with Gasteiger partial charge in [-0.2, -0.15) is 0 Å². The van der Waals surface area contributed by atoms with E-state index in [1.165, 1.54) is 19.3 Å². The highest BCUT2D eigenvalue weighted by Crippen LogP contribution is 2.18. The number of ether oxygens (including phenoxy) is 2. The Labute approximate surface area is 128 Å². The van der Waals surface area contributed by atoms with Crippen LogP contribution in [0.25, 0.3) is 0 Å². The molecule has 21 heavy (non-hydrogen) atoms. The third kappa shape index (κ3) is 5.93. The lowest BCUT2D eigenvalue weighted by atomic mass is 10.0. The van der Waals surface area contributed by atoms with Crippen LogP contribution in [0.2, 0.25) is 0 Å². The summed E-state index contributed by atoms with van der Waals surface area (Å²) in [4.78, 5) is 14.4. The maximum Gasteiger partial charge on any atom is 0.222 e. The zero-order valence-electron chi connectivity index (χ0n) is 13.3. The number of rotatable bonds is 8. The largest absolute Gasteiger partial charge is 0.383 e. The SMILES string of the molecule is COCCN(CC1CCCN1)C(=O)CCC1CCCCO1. The van der Waals surface area contributed by atoms with Crippen molar-refractivity contribution in [2.75, 3.05) is 40.0 Å². The van der Waals surface area contributed by atoms with Gasteiger partial charge in [0.1, 0.15) is 0 Å². The molecule has 2 aliphatic rings. The maximum absolute atomic E-state index is 12.5. The lowest BCUT2D eigenvalue weighted by Gasteiger charge is -2.27. The fourth-order valence-corrected chi connectivity index (χ4v) is 3.18. The molecule has 2 heterocycles. The normalized spacial score (nSPS) is 26.0. The van der Waals surface area contributed by atoms with Crippen molar-refractivity contribution in [3.8, 4) is 0 Å². The summed E-state index contributed by atoms with van der Waals surface area (Å²) in [7, 11) is 1.69. The molecule has 0 radical (unpaired) electrons. The highest BCUT2D eigenvalue weighted by Gasteiger charge is 2.22. The second kappa shape index (κ2) is 9.38. The van der Waals surface area contributed by atoms with Crippen LogP contribution in [0.1, 0.15) is 44.9 Å². The first kappa shape index (κ1) is 16.7. The lowest BCUT2D eigenvalue weighted by molar-refractivity contribution is -0.133. The third-order valence-electron chi connectivity index (χ3n) is 4.48. The fourth-order valence-electron chi connectivity index (χ4n) is 3.18. The van der Waals surface area contributed by atoms with Crippen molar-refractivity contribution in [1.82, 2.24) is 10.2 Å². The Morgan fingerprint density at radius 1 is 1.33 bits per heavy atom. The van der Waals surface area contributed by atoms with Crippen molar-refractivity contribution >= 4 is 5.91 Å². The molecule has 0 saturated carbocycles. The van der Waals surface area contributed by atoms with Crippen molar-refractivity contribution in [3.63, 3.8) is 0 Å². The summed E-state index contributed by atoms with van der Waals surface area (Å²) in [6.07, 6.45) is 7.64. The molecule has 2 unspecified atom stereocenters. The molecule has 0 aromatic heterocycles. The number of hydrogen-bond donors (Lipinski definition) is 1. The number of carbonyl (C=O) groups excluding carboxylic acids is 1. The molecule has 2 saturated heterocycles. The average molecular weight is 298 g/mol. The van der Waals surface area contributed by atoms with Crippen LogP contribution in [0.4, 0.5) is 0 Å². The summed E-state index contributed by atoms with van der Waals surface area (Å²) >= 11 is 0. The van der Waals surface area contributed by atoms with E-state index < -0.39 is 0 Å². The molecule has 5 nitrogen and oxygen atoms in total. The molecule has 2 atom stereocenters. The molecule has 0 aliphatic carbocycles. The van der Waals surface area contributed by atoms with Gasteiger partial charge in [-0.25, -0.2) is 0 Å². The number of carbonyl (C=O) groups is 1. The molecule has 122 valence electrons. The van der Waals surface area contributed by atoms with E-state index in [1.54, 1.807) is 7.11 Å². The molecule has 0 spiro atoms. The van der Waals surface area contributed by atoms with Gasteiger partial charge in [0.15, 0.2) is 0 Å². The molecule has 0 bridgehead atoms. The molecule has 2 rings (SSSR count). The summed E-state index contributed by atoms with van der Waals surface area (Å²) in [6, 6.07) is 0.455. The van der Waals surface area contributed by atoms with Crippen LogP contribution in [0.3, 0.4) is 0 Å². The topological polar surface area (TPSA) is 50.8 Å². The van der Waals surface area contributed by atoms with E-state index >= 15 is 0 Å². The van der Waals surface area contributed by atoms with E-state index in [9.17, 15) is 4.79 Å². The third-order valence-corrected chi connectivity index (χ3v) is 4.48. The average Bonchev–Trinajstić information content (AvgIpc) is 3.03. The van der Waals surface area contributed by atoms with Gasteiger partial charge < -0.3 is 19.7 Å². The fraction of sp³-hybridized carbons (Fsp3) is 0.938. The number of amides is 1. The molecule has 2 aliphatic heterocycles. The van der Waals surface area contributed by atoms with E-state index in [0.717, 1.165) is 39.0 Å². The first-order chi connectivity index (χ1) is 10.3. The number of nitrogens with one attached hydrogen (secondary N) is 1. The van der Waals surface area contributed by atoms with Gasteiger partial charge in [-0.1, -0.05) is 0 Å². The second-order valence-corrected chi connectivity index (χ2v) is 6.15. The predicted molar refractivity (Wildman–Crippen MR) is 82.3 cm³/mol. The van der Waals surface area contributed by atoms with Crippen LogP contribution in [0, 0.1) is 0 Å². The molecular formula is C16H30N2O3. The van der Waals surface area contributed by atoms with Gasteiger partial charge in [0.25, 0.3) is 0 Å². The van der Waals surface area contributed by atoms with Gasteiger partial charge in [0.2, 0.25) is 5.91 Å². The number of nitrogens with zero attached hydrogens (tertiary/aromatic N) is 1. The molecule has 0 aromatic carbocycles. The van der Waals surface area contributed by atoms with Crippen molar-refractivity contribution in [2.24, 2.45) is 0 Å². The van der Waals surface area contributed by atoms with Crippen LogP contribution in [-0.4, -0.2) is 62.9 Å². The summed E-state index contributed by atoms with van der Waals surface area (Å²) < 4.78 is 10.9. The first-order valence-electron chi connectivity index (χ1n) is 8.41. The van der Waals surface area contributed by atoms with E-state index in [2.05, 4.69) is 5.32 Å². The highest BCUT2D eigenvalue weighted by atomic mass is 16.5. The minimum absolute atomic E-state index is 0.245. The van der Waals surface area contributed by atoms with Gasteiger partial charge >= 0.3 is 0 Å². The summed E-state index contributed by atoms with van der Waals surface area (Å²) in [5.41, 5.74) is 0. The van der Waals surface area contributed by atoms with E-state index in [0.29, 0.717) is 25.6 Å². The van der Waals surface area contributed by atoms with Gasteiger partial charge in [-0.05, 0) is 45.1 Å². The van der Waals surface area contributed by atoms with Crippen molar-refractivity contribution < 1.29 is 14.3 Å². The molecule has 2 fully saturated rings. The smallest absolute Gasteiger partial charge is 0.222 e. The number of methoxy groups -OCH3 is 1. The van der Waals surface area contributed by atoms with Crippen molar-refractivity contribution in [2.45, 2.75) is 57.1 Å². The van der Waals surface area contributed by atoms with Crippen LogP contribution in [-0.2, 0) is 14.3 Å². The predicted octanol–water partition coefficient (Wildman–Crippen LogP) is 1.56. The van der Waals surface area contributed by atoms with Gasteiger partial charge in [-0.3, -0.25) is 4.79 Å². The maximum atomic E-state index is 12.5. The van der Waals surface area contributed by atoms with Gasteiger partial charge in [-0.15, -0.1) is 0 Å². The molecular weight excluding hydrogens is 268 g/mol. The Hall–Kier alpha value is -0.650. The molecule has 5 heteroatoms. The zero-order valence-corrected chi connectivity index (χ0v) is 13.3. The van der Waals surface area contributed by atoms with Crippen molar-refractivity contribution in [3.05, 3.63) is 0 Å². The molecule has 1 amide bonds. The zero-order chi connectivity index (χ0) is 14.9. The number of hydrogen-bond acceptors (Lipinski definition) is 4. The quantitative estimate of drug-likeness (QED) is 0.739. The van der Waals surface area contributed by atoms with Gasteiger partial charge in [0.05, 0.1) is 12.7 Å². The summed E-state index contributed by atoms with van der Waals surface area (Å²) in [5.74, 6) is 0.245. The Balaban J connectivity index is 1.75. The Bertz CT molecular complexity index is 300. The van der Waals surface area contributed by atoms with Gasteiger partial charge in [0, 0.05) is 39.3 Å². The highest BCUT2D eigenvalue weighted by molar-refractivity contribution is 5.76. The van der Waals surface area contributed by atoms with Crippen LogP contribution >= 0.6 is 0 Å². The van der Waals surface area contributed by atoms with Crippen LogP contribution in [0.5, 0.6) is 0 Å². The second-order valence-electron chi connectivity index (χ2n) is 6.15. The lowest BCUT2D eigenvalue weighted by Crippen LogP contribution is -2.42. The minimum atomic E-state index is 0.245. The Kier molecular flexibility index (Phi) is 7.47. The monoisotopic (exact) mass is 298 g/mol. The summed E-state index contributed by atoms with van der Waals surface area (Å²) in [5, 5.41) is 3.46. The Morgan fingerprint density at radius 3 is 2.90 bits per heavy atom. The van der Waals surface area contributed by atoms with Crippen molar-refractivity contribution in [1.29, 1.82) is 0 Å². The van der Waals surface area contributed by atoms with E-state index in [4.69, 9.17) is 9.47 Å². The van der Waals surface area contributed by atoms with Crippen LogP contribution in [0.15, 0.2) is 0 Å². The molecule has 1 N–H and O–H groups in total. The summed E-state index contributed by atoms with van der Waals surface area (Å²) in [6.45, 7) is 4.05. The van der Waals surface area contributed by atoms with Crippen LogP contribution < -0.4 is 5.32 Å².